The minimum Gasteiger partial charge on any atom is -0.454 e. The minimum atomic E-state index is -2.51. The summed E-state index contributed by atoms with van der Waals surface area (Å²) in [5.41, 5.74) is 0.899. The van der Waals surface area contributed by atoms with Crippen LogP contribution in [-0.2, 0) is 23.4 Å². The molecule has 4 rings (SSSR count). The third-order valence-electron chi connectivity index (χ3n) is 8.66. The molecule has 0 radical (unpaired) electrons. The van der Waals surface area contributed by atoms with Gasteiger partial charge in [-0.3, -0.25) is 0 Å². The van der Waals surface area contributed by atoms with Crippen molar-refractivity contribution in [2.75, 3.05) is 11.9 Å². The zero-order valence-corrected chi connectivity index (χ0v) is 31.9. The van der Waals surface area contributed by atoms with E-state index in [1.807, 2.05) is 13.1 Å². The molecule has 51 heavy (non-hydrogen) atoms. The molecule has 0 saturated carbocycles. The standard InChI is InChI=1S/C40H43BrO9Si/c1-40(2,3)51(4,5)46-27-33(48-37(43)29-20-12-7-13-21-29)35(50-39(45)31-24-16-9-17-25-31)34(49-38(44)30-22-14-8-15-23-30)32(26-41)47-36(42)28-18-10-6-11-19-28/h6-25,32-35H,26-27H2,1-5H3/t32-,33-,34-,35-/m1/s1. The van der Waals surface area contributed by atoms with Crippen molar-refractivity contribution < 1.29 is 42.6 Å². The molecule has 268 valence electrons. The Balaban J connectivity index is 1.85. The average Bonchev–Trinajstić information content (AvgIpc) is 3.14. The zero-order chi connectivity index (χ0) is 37.0. The molecule has 0 unspecified atom stereocenters. The molecule has 0 amide bonds. The van der Waals surface area contributed by atoms with Crippen LogP contribution in [0.1, 0.15) is 62.2 Å². The van der Waals surface area contributed by atoms with Crippen LogP contribution in [0.25, 0.3) is 0 Å². The molecule has 0 aliphatic rings. The molecule has 0 fully saturated rings. The molecule has 0 spiro atoms. The summed E-state index contributed by atoms with van der Waals surface area (Å²) >= 11 is 3.44. The van der Waals surface area contributed by atoms with Crippen LogP contribution in [0.15, 0.2) is 121 Å². The van der Waals surface area contributed by atoms with Crippen LogP contribution < -0.4 is 0 Å². The second kappa shape index (κ2) is 18.1. The Kier molecular flexibility index (Phi) is 13.9. The summed E-state index contributed by atoms with van der Waals surface area (Å²) in [5.74, 6) is -2.98. The first kappa shape index (κ1) is 39.2. The average molecular weight is 776 g/mol. The van der Waals surface area contributed by atoms with Crippen molar-refractivity contribution in [2.24, 2.45) is 0 Å². The summed E-state index contributed by atoms with van der Waals surface area (Å²) in [6.45, 7) is 10.0. The summed E-state index contributed by atoms with van der Waals surface area (Å²) in [7, 11) is -2.51. The van der Waals surface area contributed by atoms with Crippen LogP contribution in [0.4, 0.5) is 0 Å². The van der Waals surface area contributed by atoms with E-state index in [2.05, 4.69) is 36.7 Å². The highest BCUT2D eigenvalue weighted by molar-refractivity contribution is 9.09. The van der Waals surface area contributed by atoms with E-state index in [9.17, 15) is 19.2 Å². The lowest BCUT2D eigenvalue weighted by Gasteiger charge is -2.39. The topological polar surface area (TPSA) is 114 Å². The van der Waals surface area contributed by atoms with Crippen LogP contribution in [-0.4, -0.2) is 68.5 Å². The van der Waals surface area contributed by atoms with Gasteiger partial charge >= 0.3 is 23.9 Å². The Labute approximate surface area is 308 Å². The lowest BCUT2D eigenvalue weighted by Crippen LogP contribution is -2.55. The van der Waals surface area contributed by atoms with Crippen LogP contribution in [0.2, 0.25) is 18.1 Å². The predicted molar refractivity (Wildman–Crippen MR) is 200 cm³/mol. The fourth-order valence-electron chi connectivity index (χ4n) is 4.69. The van der Waals surface area contributed by atoms with Gasteiger partial charge in [0.2, 0.25) is 0 Å². The maximum atomic E-state index is 13.8. The number of halogens is 1. The molecule has 4 atom stereocenters. The molecule has 0 aliphatic heterocycles. The molecular weight excluding hydrogens is 732 g/mol. The fourth-order valence-corrected chi connectivity index (χ4v) is 6.20. The largest absolute Gasteiger partial charge is 0.454 e. The lowest BCUT2D eigenvalue weighted by atomic mass is 10.0. The van der Waals surface area contributed by atoms with E-state index in [0.29, 0.717) is 0 Å². The monoisotopic (exact) mass is 774 g/mol. The highest BCUT2D eigenvalue weighted by Crippen LogP contribution is 2.37. The lowest BCUT2D eigenvalue weighted by molar-refractivity contribution is -0.125. The van der Waals surface area contributed by atoms with Gasteiger partial charge in [-0.05, 0) is 66.7 Å². The maximum absolute atomic E-state index is 13.8. The van der Waals surface area contributed by atoms with Gasteiger partial charge in [-0.2, -0.15) is 0 Å². The Morgan fingerprint density at radius 2 is 0.824 bits per heavy atom. The molecular formula is C40H43BrO9Si. The minimum absolute atomic E-state index is 0.0415. The number of rotatable bonds is 15. The van der Waals surface area contributed by atoms with E-state index >= 15 is 0 Å². The van der Waals surface area contributed by atoms with Crippen LogP contribution >= 0.6 is 15.9 Å². The number of carbonyl (C=O) groups is 4. The highest BCUT2D eigenvalue weighted by atomic mass is 79.9. The molecule has 0 aliphatic carbocycles. The van der Waals surface area contributed by atoms with Crippen molar-refractivity contribution in [1.29, 1.82) is 0 Å². The summed E-state index contributed by atoms with van der Waals surface area (Å²) < 4.78 is 31.0. The molecule has 0 N–H and O–H groups in total. The first-order valence-corrected chi connectivity index (χ1v) is 20.6. The number of esters is 4. The maximum Gasteiger partial charge on any atom is 0.338 e. The molecule has 9 nitrogen and oxygen atoms in total. The molecule has 4 aromatic rings. The number of alkyl halides is 1. The summed E-state index contributed by atoms with van der Waals surface area (Å²) in [4.78, 5) is 54.7. The second-order valence-corrected chi connectivity index (χ2v) is 18.8. The van der Waals surface area contributed by atoms with E-state index in [1.165, 1.54) is 0 Å². The summed E-state index contributed by atoms with van der Waals surface area (Å²) in [6.07, 6.45) is -5.57. The third-order valence-corrected chi connectivity index (χ3v) is 13.8. The first-order chi connectivity index (χ1) is 24.3. The van der Waals surface area contributed by atoms with Crippen molar-refractivity contribution in [3.8, 4) is 0 Å². The number of carbonyl (C=O) groups excluding carboxylic acids is 4. The van der Waals surface area contributed by atoms with E-state index < -0.39 is 56.6 Å². The van der Waals surface area contributed by atoms with Gasteiger partial charge < -0.3 is 23.4 Å². The smallest absolute Gasteiger partial charge is 0.338 e. The number of ether oxygens (including phenoxy) is 4. The highest BCUT2D eigenvalue weighted by Gasteiger charge is 2.46. The van der Waals surface area contributed by atoms with E-state index in [4.69, 9.17) is 23.4 Å². The van der Waals surface area contributed by atoms with Gasteiger partial charge in [0.15, 0.2) is 32.7 Å². The van der Waals surface area contributed by atoms with Crippen LogP contribution in [0.3, 0.4) is 0 Å². The number of benzene rings is 4. The van der Waals surface area contributed by atoms with Crippen molar-refractivity contribution in [1.82, 2.24) is 0 Å². The molecule has 0 saturated heterocycles. The SMILES string of the molecule is CC(C)(C)[Si](C)(C)OC[C@@H](OC(=O)c1ccccc1)[C@@H](OC(=O)c1ccccc1)[C@H](OC(=O)c1ccccc1)[C@@H](CBr)OC(=O)c1ccccc1. The van der Waals surface area contributed by atoms with E-state index in [0.717, 1.165) is 0 Å². The van der Waals surface area contributed by atoms with Crippen molar-refractivity contribution in [3.05, 3.63) is 144 Å². The predicted octanol–water partition coefficient (Wildman–Crippen LogP) is 8.31. The third kappa shape index (κ3) is 11.0. The normalized spacial score (nSPS) is 13.9. The summed E-state index contributed by atoms with van der Waals surface area (Å²) in [5, 5.41) is -0.278. The van der Waals surface area contributed by atoms with Crippen molar-refractivity contribution in [2.45, 2.75) is 63.3 Å². The van der Waals surface area contributed by atoms with Crippen LogP contribution in [0.5, 0.6) is 0 Å². The molecule has 11 heteroatoms. The molecule has 0 aromatic heterocycles. The van der Waals surface area contributed by atoms with E-state index in [-0.39, 0.29) is 39.2 Å². The van der Waals surface area contributed by atoms with Gasteiger partial charge in [0, 0.05) is 5.33 Å². The van der Waals surface area contributed by atoms with Gasteiger partial charge in [0.25, 0.3) is 0 Å². The van der Waals surface area contributed by atoms with Gasteiger partial charge in [0.05, 0.1) is 28.9 Å². The second-order valence-electron chi connectivity index (χ2n) is 13.3. The van der Waals surface area contributed by atoms with E-state index in [1.54, 1.807) is 121 Å². The first-order valence-electron chi connectivity index (χ1n) is 16.5. The molecule has 0 bridgehead atoms. The van der Waals surface area contributed by atoms with Crippen molar-refractivity contribution >= 4 is 48.1 Å². The van der Waals surface area contributed by atoms with Crippen LogP contribution in [0, 0.1) is 0 Å². The summed E-state index contributed by atoms with van der Waals surface area (Å²) in [6, 6.07) is 33.1. The van der Waals surface area contributed by atoms with Gasteiger partial charge in [-0.25, -0.2) is 19.2 Å². The Bertz CT molecular complexity index is 1730. The molecule has 0 heterocycles. The Hall–Kier alpha value is -4.58. The quantitative estimate of drug-likeness (QED) is 0.0509. The fraction of sp³-hybridized carbons (Fsp3) is 0.300. The Morgan fingerprint density at radius 1 is 0.529 bits per heavy atom. The van der Waals surface area contributed by atoms with Crippen molar-refractivity contribution in [3.63, 3.8) is 0 Å². The number of hydrogen-bond acceptors (Lipinski definition) is 9. The molecule has 4 aromatic carbocycles. The Morgan fingerprint density at radius 3 is 1.14 bits per heavy atom. The zero-order valence-electron chi connectivity index (χ0n) is 29.3. The van der Waals surface area contributed by atoms with Gasteiger partial charge in [-0.1, -0.05) is 109 Å². The number of hydrogen-bond donors (Lipinski definition) is 0. The van der Waals surface area contributed by atoms with Gasteiger partial charge in [-0.15, -0.1) is 0 Å². The van der Waals surface area contributed by atoms with Gasteiger partial charge in [0.1, 0.15) is 0 Å².